The Morgan fingerprint density at radius 2 is 2.00 bits per heavy atom. The first-order chi connectivity index (χ1) is 9.02. The zero-order valence-electron chi connectivity index (χ0n) is 12.3. The van der Waals surface area contributed by atoms with Crippen LogP contribution in [0.25, 0.3) is 0 Å². The van der Waals surface area contributed by atoms with Gasteiger partial charge in [-0.05, 0) is 50.2 Å². The van der Waals surface area contributed by atoms with Gasteiger partial charge < -0.3 is 15.8 Å². The number of rotatable bonds is 4. The van der Waals surface area contributed by atoms with Crippen LogP contribution in [0.3, 0.4) is 0 Å². The number of hydrogen-bond acceptors (Lipinski definition) is 3. The van der Waals surface area contributed by atoms with E-state index in [0.717, 1.165) is 17.1 Å². The highest BCUT2D eigenvalue weighted by molar-refractivity contribution is 5.73. The number of nitrogens with two attached hydrogens (primary N) is 1. The highest BCUT2D eigenvalue weighted by Gasteiger charge is 2.26. The van der Waals surface area contributed by atoms with Gasteiger partial charge in [0.25, 0.3) is 0 Å². The molecule has 0 spiro atoms. The fraction of sp³-hybridized carbons (Fsp3) is 0.625. The van der Waals surface area contributed by atoms with Gasteiger partial charge in [-0.1, -0.05) is 19.9 Å². The first-order valence-electron chi connectivity index (χ1n) is 7.29. The van der Waals surface area contributed by atoms with Gasteiger partial charge in [0.1, 0.15) is 5.75 Å². The van der Waals surface area contributed by atoms with E-state index < -0.39 is 0 Å². The normalized spacial score (nSPS) is 19.1. The van der Waals surface area contributed by atoms with Crippen LogP contribution in [0.4, 0.5) is 11.4 Å². The Morgan fingerprint density at radius 1 is 1.32 bits per heavy atom. The molecule has 0 heterocycles. The molecular weight excluding hydrogens is 236 g/mol. The Labute approximate surface area is 116 Å². The van der Waals surface area contributed by atoms with Crippen molar-refractivity contribution in [2.75, 3.05) is 17.7 Å². The number of para-hydroxylation sites is 1. The van der Waals surface area contributed by atoms with Crippen molar-refractivity contribution in [2.24, 2.45) is 5.41 Å². The molecule has 0 saturated heterocycles. The first kappa shape index (κ1) is 14.0. The third kappa shape index (κ3) is 3.55. The third-order valence-corrected chi connectivity index (χ3v) is 4.06. The van der Waals surface area contributed by atoms with Crippen LogP contribution in [0.1, 0.15) is 46.5 Å². The molecule has 0 unspecified atom stereocenters. The van der Waals surface area contributed by atoms with Crippen LogP contribution in [0, 0.1) is 5.41 Å². The van der Waals surface area contributed by atoms with E-state index in [4.69, 9.17) is 10.5 Å². The standard InChI is InChI=1S/C16H26N2O/c1-4-19-14-7-5-6-13(15(14)17)18-12-8-10-16(2,3)11-9-12/h5-7,12,18H,4,8-11,17H2,1-3H3. The number of nitrogen functional groups attached to an aromatic ring is 1. The minimum atomic E-state index is 0.497. The van der Waals surface area contributed by atoms with Crippen molar-refractivity contribution in [3.8, 4) is 5.75 Å². The van der Waals surface area contributed by atoms with Gasteiger partial charge in [-0.2, -0.15) is 0 Å². The molecule has 2 rings (SSSR count). The summed E-state index contributed by atoms with van der Waals surface area (Å²) in [6.45, 7) is 7.33. The van der Waals surface area contributed by atoms with Crippen molar-refractivity contribution in [2.45, 2.75) is 52.5 Å². The summed E-state index contributed by atoms with van der Waals surface area (Å²) in [4.78, 5) is 0. The molecule has 1 aromatic rings. The van der Waals surface area contributed by atoms with Crippen LogP contribution in [-0.4, -0.2) is 12.6 Å². The number of anilines is 2. The lowest BCUT2D eigenvalue weighted by molar-refractivity contribution is 0.232. The molecule has 106 valence electrons. The fourth-order valence-corrected chi connectivity index (χ4v) is 2.71. The summed E-state index contributed by atoms with van der Waals surface area (Å²) >= 11 is 0. The van der Waals surface area contributed by atoms with Gasteiger partial charge in [-0.3, -0.25) is 0 Å². The minimum absolute atomic E-state index is 0.497. The van der Waals surface area contributed by atoms with E-state index in [9.17, 15) is 0 Å². The topological polar surface area (TPSA) is 47.3 Å². The highest BCUT2D eigenvalue weighted by atomic mass is 16.5. The number of hydrogen-bond donors (Lipinski definition) is 2. The molecule has 0 radical (unpaired) electrons. The van der Waals surface area contributed by atoms with Gasteiger partial charge >= 0.3 is 0 Å². The van der Waals surface area contributed by atoms with Crippen molar-refractivity contribution >= 4 is 11.4 Å². The summed E-state index contributed by atoms with van der Waals surface area (Å²) in [5.41, 5.74) is 8.39. The third-order valence-electron chi connectivity index (χ3n) is 4.06. The van der Waals surface area contributed by atoms with Crippen LogP contribution < -0.4 is 15.8 Å². The molecule has 1 saturated carbocycles. The molecule has 1 fully saturated rings. The number of ether oxygens (including phenoxy) is 1. The lowest BCUT2D eigenvalue weighted by Crippen LogP contribution is -2.30. The maximum atomic E-state index is 6.15. The molecule has 0 bridgehead atoms. The summed E-state index contributed by atoms with van der Waals surface area (Å²) in [6.07, 6.45) is 4.97. The Hall–Kier alpha value is -1.38. The average molecular weight is 262 g/mol. The molecule has 1 aromatic carbocycles. The highest BCUT2D eigenvalue weighted by Crippen LogP contribution is 2.37. The largest absolute Gasteiger partial charge is 0.492 e. The smallest absolute Gasteiger partial charge is 0.144 e. The molecule has 3 N–H and O–H groups in total. The zero-order valence-corrected chi connectivity index (χ0v) is 12.3. The molecule has 1 aliphatic rings. The van der Waals surface area contributed by atoms with E-state index >= 15 is 0 Å². The van der Waals surface area contributed by atoms with Gasteiger partial charge in [0, 0.05) is 6.04 Å². The second-order valence-corrected chi connectivity index (χ2v) is 6.23. The van der Waals surface area contributed by atoms with E-state index in [1.165, 1.54) is 25.7 Å². The van der Waals surface area contributed by atoms with Gasteiger partial charge in [-0.25, -0.2) is 0 Å². The van der Waals surface area contributed by atoms with Crippen LogP contribution in [-0.2, 0) is 0 Å². The van der Waals surface area contributed by atoms with E-state index in [1.54, 1.807) is 0 Å². The quantitative estimate of drug-likeness (QED) is 0.805. The van der Waals surface area contributed by atoms with Crippen LogP contribution in [0.2, 0.25) is 0 Å². The second-order valence-electron chi connectivity index (χ2n) is 6.23. The zero-order chi connectivity index (χ0) is 13.9. The van der Waals surface area contributed by atoms with Crippen molar-refractivity contribution in [1.82, 2.24) is 0 Å². The lowest BCUT2D eigenvalue weighted by atomic mass is 9.75. The Morgan fingerprint density at radius 3 is 2.63 bits per heavy atom. The van der Waals surface area contributed by atoms with Crippen LogP contribution in [0.15, 0.2) is 18.2 Å². The maximum Gasteiger partial charge on any atom is 0.144 e. The molecule has 0 atom stereocenters. The predicted octanol–water partition coefficient (Wildman–Crippen LogP) is 4.05. The first-order valence-corrected chi connectivity index (χ1v) is 7.29. The van der Waals surface area contributed by atoms with Crippen molar-refractivity contribution in [3.63, 3.8) is 0 Å². The second kappa shape index (κ2) is 5.72. The van der Waals surface area contributed by atoms with Gasteiger partial charge in [-0.15, -0.1) is 0 Å². The number of benzene rings is 1. The van der Waals surface area contributed by atoms with Crippen molar-refractivity contribution in [3.05, 3.63) is 18.2 Å². The molecular formula is C16H26N2O. The van der Waals surface area contributed by atoms with Gasteiger partial charge in [0.05, 0.1) is 18.0 Å². The van der Waals surface area contributed by atoms with Gasteiger partial charge in [0.2, 0.25) is 0 Å². The number of nitrogens with one attached hydrogen (secondary N) is 1. The molecule has 0 aromatic heterocycles. The fourth-order valence-electron chi connectivity index (χ4n) is 2.71. The average Bonchev–Trinajstić information content (AvgIpc) is 2.37. The minimum Gasteiger partial charge on any atom is -0.492 e. The summed E-state index contributed by atoms with van der Waals surface area (Å²) in [5.74, 6) is 0.781. The summed E-state index contributed by atoms with van der Waals surface area (Å²) in [5, 5.41) is 3.58. The monoisotopic (exact) mass is 262 g/mol. The maximum absolute atomic E-state index is 6.15. The molecule has 3 nitrogen and oxygen atoms in total. The van der Waals surface area contributed by atoms with Crippen LogP contribution >= 0.6 is 0 Å². The molecule has 1 aliphatic carbocycles. The SMILES string of the molecule is CCOc1cccc(NC2CCC(C)(C)CC2)c1N. The van der Waals surface area contributed by atoms with Crippen molar-refractivity contribution < 1.29 is 4.74 Å². The summed E-state index contributed by atoms with van der Waals surface area (Å²) in [7, 11) is 0. The summed E-state index contributed by atoms with van der Waals surface area (Å²) < 4.78 is 5.53. The van der Waals surface area contributed by atoms with E-state index in [2.05, 4.69) is 19.2 Å². The van der Waals surface area contributed by atoms with E-state index in [1.807, 2.05) is 25.1 Å². The van der Waals surface area contributed by atoms with E-state index in [0.29, 0.717) is 18.1 Å². The van der Waals surface area contributed by atoms with E-state index in [-0.39, 0.29) is 0 Å². The Balaban J connectivity index is 2.02. The predicted molar refractivity (Wildman–Crippen MR) is 81.7 cm³/mol. The Bertz CT molecular complexity index is 419. The molecule has 0 aliphatic heterocycles. The van der Waals surface area contributed by atoms with Gasteiger partial charge in [0.15, 0.2) is 0 Å². The molecule has 19 heavy (non-hydrogen) atoms. The molecule has 0 amide bonds. The van der Waals surface area contributed by atoms with Crippen LogP contribution in [0.5, 0.6) is 5.75 Å². The molecule has 3 heteroatoms. The van der Waals surface area contributed by atoms with Crippen molar-refractivity contribution in [1.29, 1.82) is 0 Å². The lowest BCUT2D eigenvalue weighted by Gasteiger charge is -2.35. The summed E-state index contributed by atoms with van der Waals surface area (Å²) in [6, 6.07) is 6.49. The Kier molecular flexibility index (Phi) is 4.23.